The van der Waals surface area contributed by atoms with E-state index in [1.807, 2.05) is 0 Å². The van der Waals surface area contributed by atoms with Gasteiger partial charge in [0.1, 0.15) is 12.4 Å². The van der Waals surface area contributed by atoms with Gasteiger partial charge in [0.2, 0.25) is 0 Å². The van der Waals surface area contributed by atoms with Crippen molar-refractivity contribution in [1.82, 2.24) is 0 Å². The van der Waals surface area contributed by atoms with E-state index in [9.17, 15) is 4.39 Å². The van der Waals surface area contributed by atoms with E-state index in [0.29, 0.717) is 10.0 Å². The van der Waals surface area contributed by atoms with E-state index in [4.69, 9.17) is 38.0 Å². The Hall–Kier alpha value is -1.27. The third-order valence-corrected chi connectivity index (χ3v) is 3.26. The SMILES string of the molecule is OB(O)c1ccc(COc2c(Cl)cccc2Cl)c(F)c1. The molecule has 2 aromatic rings. The molecule has 104 valence electrons. The molecule has 0 atom stereocenters. The van der Waals surface area contributed by atoms with Crippen LogP contribution >= 0.6 is 23.2 Å². The molecule has 7 heteroatoms. The summed E-state index contributed by atoms with van der Waals surface area (Å²) in [6, 6.07) is 8.76. The van der Waals surface area contributed by atoms with Crippen molar-refractivity contribution in [3.8, 4) is 5.75 Å². The van der Waals surface area contributed by atoms with Crippen LogP contribution in [0.25, 0.3) is 0 Å². The standard InChI is InChI=1S/C13H10BCl2FO3/c15-10-2-1-3-11(16)13(10)20-7-8-4-5-9(14(18)19)6-12(8)17/h1-6,18-19H,7H2. The Morgan fingerprint density at radius 3 is 2.30 bits per heavy atom. The molecule has 0 spiro atoms. The molecule has 0 aliphatic heterocycles. The van der Waals surface area contributed by atoms with Crippen molar-refractivity contribution in [2.45, 2.75) is 6.61 Å². The Balaban J connectivity index is 2.15. The van der Waals surface area contributed by atoms with Crippen LogP contribution in [0.3, 0.4) is 0 Å². The van der Waals surface area contributed by atoms with Crippen molar-refractivity contribution >= 4 is 35.8 Å². The Morgan fingerprint density at radius 1 is 1.10 bits per heavy atom. The summed E-state index contributed by atoms with van der Waals surface area (Å²) < 4.78 is 19.2. The van der Waals surface area contributed by atoms with Crippen molar-refractivity contribution in [1.29, 1.82) is 0 Å². The van der Waals surface area contributed by atoms with Crippen LogP contribution in [0.15, 0.2) is 36.4 Å². The molecule has 0 aromatic heterocycles. The molecule has 0 aliphatic carbocycles. The predicted octanol–water partition coefficient (Wildman–Crippen LogP) is 2.39. The van der Waals surface area contributed by atoms with Crippen LogP contribution in [-0.2, 0) is 6.61 Å². The van der Waals surface area contributed by atoms with Crippen LogP contribution in [0, 0.1) is 5.82 Å². The van der Waals surface area contributed by atoms with Crippen molar-refractivity contribution < 1.29 is 19.2 Å². The first-order valence-corrected chi connectivity index (χ1v) is 6.46. The molecular formula is C13H10BCl2FO3. The molecular weight excluding hydrogens is 305 g/mol. The van der Waals surface area contributed by atoms with Crippen LogP contribution in [0.2, 0.25) is 10.0 Å². The summed E-state index contributed by atoms with van der Waals surface area (Å²) >= 11 is 11.9. The monoisotopic (exact) mass is 314 g/mol. The molecule has 2 aromatic carbocycles. The lowest BCUT2D eigenvalue weighted by molar-refractivity contribution is 0.300. The molecule has 2 rings (SSSR count). The molecule has 0 bridgehead atoms. The summed E-state index contributed by atoms with van der Waals surface area (Å²) in [7, 11) is -1.71. The predicted molar refractivity (Wildman–Crippen MR) is 77.0 cm³/mol. The largest absolute Gasteiger partial charge is 0.488 e. The zero-order chi connectivity index (χ0) is 14.7. The maximum Gasteiger partial charge on any atom is 0.488 e. The van der Waals surface area contributed by atoms with Crippen molar-refractivity contribution in [3.63, 3.8) is 0 Å². The highest BCUT2D eigenvalue weighted by molar-refractivity contribution is 6.58. The number of rotatable bonds is 4. The molecule has 2 N–H and O–H groups in total. The molecule has 0 radical (unpaired) electrons. The van der Waals surface area contributed by atoms with Gasteiger partial charge in [-0.1, -0.05) is 41.4 Å². The van der Waals surface area contributed by atoms with Gasteiger partial charge >= 0.3 is 7.12 Å². The van der Waals surface area contributed by atoms with Gasteiger partial charge in [-0.2, -0.15) is 0 Å². The summed E-state index contributed by atoms with van der Waals surface area (Å²) in [6.45, 7) is -0.0723. The van der Waals surface area contributed by atoms with Crippen LogP contribution in [0.1, 0.15) is 5.56 Å². The van der Waals surface area contributed by atoms with Gasteiger partial charge in [0.15, 0.2) is 5.75 Å². The van der Waals surface area contributed by atoms with Gasteiger partial charge in [-0.3, -0.25) is 0 Å². The Morgan fingerprint density at radius 2 is 1.75 bits per heavy atom. The maximum atomic E-state index is 13.7. The number of hydrogen-bond donors (Lipinski definition) is 2. The van der Waals surface area contributed by atoms with Gasteiger partial charge in [-0.05, 0) is 23.7 Å². The van der Waals surface area contributed by atoms with Crippen LogP contribution in [0.4, 0.5) is 4.39 Å². The van der Waals surface area contributed by atoms with Crippen LogP contribution in [0.5, 0.6) is 5.75 Å². The zero-order valence-corrected chi connectivity index (χ0v) is 11.7. The molecule has 0 heterocycles. The van der Waals surface area contributed by atoms with E-state index in [0.717, 1.165) is 6.07 Å². The lowest BCUT2D eigenvalue weighted by Gasteiger charge is -2.11. The molecule has 0 fully saturated rings. The number of benzene rings is 2. The molecule has 0 amide bonds. The molecule has 0 aliphatic rings. The number of ether oxygens (including phenoxy) is 1. The fourth-order valence-corrected chi connectivity index (χ4v) is 2.12. The summed E-state index contributed by atoms with van der Waals surface area (Å²) in [6.07, 6.45) is 0. The first-order chi connectivity index (χ1) is 9.49. The summed E-state index contributed by atoms with van der Waals surface area (Å²) in [4.78, 5) is 0. The first-order valence-electron chi connectivity index (χ1n) is 5.70. The van der Waals surface area contributed by atoms with Gasteiger partial charge in [-0.15, -0.1) is 0 Å². The van der Waals surface area contributed by atoms with Gasteiger partial charge in [0.05, 0.1) is 10.0 Å². The first kappa shape index (κ1) is 15.1. The third-order valence-electron chi connectivity index (χ3n) is 2.67. The molecule has 20 heavy (non-hydrogen) atoms. The fourth-order valence-electron chi connectivity index (χ4n) is 1.61. The molecule has 0 saturated carbocycles. The second-order valence-corrected chi connectivity index (χ2v) is 4.88. The lowest BCUT2D eigenvalue weighted by atomic mass is 9.80. The fraction of sp³-hybridized carbons (Fsp3) is 0.0769. The quantitative estimate of drug-likeness (QED) is 0.852. The highest BCUT2D eigenvalue weighted by atomic mass is 35.5. The maximum absolute atomic E-state index is 13.7. The smallest absolute Gasteiger partial charge is 0.486 e. The van der Waals surface area contributed by atoms with Crippen molar-refractivity contribution in [2.24, 2.45) is 0 Å². The Labute approximate surface area is 125 Å². The topological polar surface area (TPSA) is 49.7 Å². The summed E-state index contributed by atoms with van der Waals surface area (Å²) in [5, 5.41) is 18.6. The normalized spacial score (nSPS) is 10.4. The second-order valence-electron chi connectivity index (χ2n) is 4.06. The van der Waals surface area contributed by atoms with E-state index in [2.05, 4.69) is 0 Å². The highest BCUT2D eigenvalue weighted by Crippen LogP contribution is 2.32. The summed E-state index contributed by atoms with van der Waals surface area (Å²) in [5.41, 5.74) is 0.326. The average molecular weight is 315 g/mol. The van der Waals surface area contributed by atoms with E-state index in [1.165, 1.54) is 12.1 Å². The summed E-state index contributed by atoms with van der Waals surface area (Å²) in [5.74, 6) is -0.319. The van der Waals surface area contributed by atoms with Gasteiger partial charge in [0, 0.05) is 5.56 Å². The molecule has 0 saturated heterocycles. The molecule has 0 unspecified atom stereocenters. The van der Waals surface area contributed by atoms with Gasteiger partial charge in [-0.25, -0.2) is 4.39 Å². The minimum absolute atomic E-state index is 0.0713. The Bertz CT molecular complexity index is 602. The van der Waals surface area contributed by atoms with Crippen molar-refractivity contribution in [2.75, 3.05) is 0 Å². The highest BCUT2D eigenvalue weighted by Gasteiger charge is 2.14. The van der Waals surface area contributed by atoms with Crippen LogP contribution < -0.4 is 10.2 Å². The second kappa shape index (κ2) is 6.46. The van der Waals surface area contributed by atoms with Gasteiger partial charge in [0.25, 0.3) is 0 Å². The van der Waals surface area contributed by atoms with Gasteiger partial charge < -0.3 is 14.8 Å². The Kier molecular flexibility index (Phi) is 4.88. The number of hydrogen-bond acceptors (Lipinski definition) is 3. The minimum atomic E-state index is -1.71. The zero-order valence-electron chi connectivity index (χ0n) is 10.2. The molecule has 3 nitrogen and oxygen atoms in total. The van der Waals surface area contributed by atoms with E-state index >= 15 is 0 Å². The van der Waals surface area contributed by atoms with Crippen molar-refractivity contribution in [3.05, 3.63) is 57.8 Å². The average Bonchev–Trinajstić information content (AvgIpc) is 2.39. The van der Waals surface area contributed by atoms with E-state index < -0.39 is 12.9 Å². The minimum Gasteiger partial charge on any atom is -0.486 e. The number of halogens is 3. The third kappa shape index (κ3) is 3.43. The van der Waals surface area contributed by atoms with Crippen LogP contribution in [-0.4, -0.2) is 17.2 Å². The lowest BCUT2D eigenvalue weighted by Crippen LogP contribution is -2.30. The van der Waals surface area contributed by atoms with E-state index in [1.54, 1.807) is 18.2 Å². The van der Waals surface area contributed by atoms with E-state index in [-0.39, 0.29) is 23.4 Å². The number of para-hydroxylation sites is 1.